The highest BCUT2D eigenvalue weighted by atomic mass is 32.3. The number of hydrogen-bond acceptors (Lipinski definition) is 16. The van der Waals surface area contributed by atoms with Gasteiger partial charge in [-0.1, -0.05) is 12.1 Å². The number of aromatic hydroxyl groups is 1. The average molecular weight is 590 g/mol. The third-order valence-electron chi connectivity index (χ3n) is 5.49. The van der Waals surface area contributed by atoms with Gasteiger partial charge in [0.05, 0.1) is 12.2 Å². The highest BCUT2D eigenvalue weighted by Gasteiger charge is 2.45. The quantitative estimate of drug-likeness (QED) is 0.175. The van der Waals surface area contributed by atoms with Crippen molar-refractivity contribution in [3.63, 3.8) is 0 Å². The summed E-state index contributed by atoms with van der Waals surface area (Å²) in [5.41, 5.74) is -0.740. The highest BCUT2D eigenvalue weighted by molar-refractivity contribution is 7.81. The Balaban J connectivity index is 1.59. The lowest BCUT2D eigenvalue weighted by atomic mass is 9.99. The molecule has 0 saturated carbocycles. The molecule has 2 heterocycles. The third kappa shape index (κ3) is 6.64. The van der Waals surface area contributed by atoms with Gasteiger partial charge in [-0.15, -0.1) is 0 Å². The van der Waals surface area contributed by atoms with Gasteiger partial charge in [-0.05, 0) is 17.7 Å². The highest BCUT2D eigenvalue weighted by Crippen LogP contribution is 2.33. The van der Waals surface area contributed by atoms with E-state index >= 15 is 0 Å². The van der Waals surface area contributed by atoms with Gasteiger partial charge in [-0.3, -0.25) is 8.98 Å². The maximum Gasteiger partial charge on any atom is 0.262 e. The van der Waals surface area contributed by atoms with Gasteiger partial charge in [0, 0.05) is 12.1 Å². The number of aliphatic hydroxyl groups is 3. The molecule has 18 heteroatoms. The monoisotopic (exact) mass is 590 g/mol. The van der Waals surface area contributed by atoms with Crippen LogP contribution in [0.1, 0.15) is 0 Å². The lowest BCUT2D eigenvalue weighted by Gasteiger charge is -2.40. The van der Waals surface area contributed by atoms with E-state index in [4.69, 9.17) is 13.9 Å². The van der Waals surface area contributed by atoms with Gasteiger partial charge >= 0.3 is 0 Å². The Labute approximate surface area is 219 Å². The van der Waals surface area contributed by atoms with Gasteiger partial charge in [0.2, 0.25) is 22.1 Å². The van der Waals surface area contributed by atoms with Crippen LogP contribution >= 0.6 is 0 Å². The average Bonchev–Trinajstić information content (AvgIpc) is 2.83. The van der Waals surface area contributed by atoms with E-state index < -0.39 is 69.3 Å². The SMILES string of the molecule is O=c1c(-c2ccc(OS(=O)(=O)[O-])cc2)coc2cc(O[C@@H]3O[C@H](COS(=O)(=O)[O-])[C@@H](O)[C@H](O)[C@H]3O)cc(O)c12. The Morgan fingerprint density at radius 2 is 1.56 bits per heavy atom. The molecule has 16 nitrogen and oxygen atoms in total. The van der Waals surface area contributed by atoms with Crippen LogP contribution < -0.4 is 14.3 Å². The van der Waals surface area contributed by atoms with Crippen LogP contribution in [0.15, 0.2) is 51.9 Å². The normalized spacial score (nSPS) is 24.0. The van der Waals surface area contributed by atoms with Crippen LogP contribution in [0.5, 0.6) is 17.2 Å². The molecule has 0 spiro atoms. The van der Waals surface area contributed by atoms with Gasteiger partial charge in [0.25, 0.3) is 10.4 Å². The van der Waals surface area contributed by atoms with Crippen LogP contribution in [0.25, 0.3) is 22.1 Å². The minimum absolute atomic E-state index is 0.0534. The van der Waals surface area contributed by atoms with Crippen LogP contribution in [-0.2, 0) is 29.7 Å². The number of hydrogen-bond donors (Lipinski definition) is 4. The summed E-state index contributed by atoms with van der Waals surface area (Å²) >= 11 is 0. The standard InChI is InChI=1S/C21H20O16S2/c22-13-5-11(35-21-20(26)19(25)18(24)15(36-21)8-34-38(27,28)29)6-14-16(13)17(23)12(7-33-14)9-1-3-10(4-2-9)37-39(30,31)32/h1-7,15,18-22,24-26H,8H2,(H,27,28,29)(H,30,31,32)/p-2/t15-,18-,19+,20-,21-/m1/s1. The van der Waals surface area contributed by atoms with Gasteiger partial charge in [0.15, 0.2) is 0 Å². The molecule has 0 unspecified atom stereocenters. The van der Waals surface area contributed by atoms with E-state index in [9.17, 15) is 51.2 Å². The summed E-state index contributed by atoms with van der Waals surface area (Å²) in [7, 11) is -10.2. The maximum atomic E-state index is 13.0. The van der Waals surface area contributed by atoms with Crippen molar-refractivity contribution in [1.82, 2.24) is 0 Å². The molecule has 1 fully saturated rings. The lowest BCUT2D eigenvalue weighted by molar-refractivity contribution is -0.276. The van der Waals surface area contributed by atoms with Crippen molar-refractivity contribution in [3.05, 3.63) is 52.9 Å². The van der Waals surface area contributed by atoms with E-state index in [-0.39, 0.29) is 33.6 Å². The largest absolute Gasteiger partial charge is 0.726 e. The number of phenolic OH excluding ortho intramolecular Hbond substituents is 1. The molecule has 1 aromatic heterocycles. The number of fused-ring (bicyclic) bond motifs is 1. The summed E-state index contributed by atoms with van der Waals surface area (Å²) in [5.74, 6) is -1.18. The molecular weight excluding hydrogens is 572 g/mol. The first-order valence-electron chi connectivity index (χ1n) is 10.6. The van der Waals surface area contributed by atoms with Crippen molar-refractivity contribution in [2.45, 2.75) is 30.7 Å². The second-order valence-corrected chi connectivity index (χ2v) is 10.2. The summed E-state index contributed by atoms with van der Waals surface area (Å²) in [4.78, 5) is 13.0. The number of aliphatic hydroxyl groups excluding tert-OH is 3. The molecule has 39 heavy (non-hydrogen) atoms. The molecule has 0 radical (unpaired) electrons. The van der Waals surface area contributed by atoms with Crippen molar-refractivity contribution in [2.75, 3.05) is 6.61 Å². The topological polar surface area (TPSA) is 262 Å². The number of ether oxygens (including phenoxy) is 2. The Bertz CT molecular complexity index is 1630. The lowest BCUT2D eigenvalue weighted by Crippen LogP contribution is -2.60. The van der Waals surface area contributed by atoms with Crippen molar-refractivity contribution in [2.24, 2.45) is 0 Å². The van der Waals surface area contributed by atoms with Crippen molar-refractivity contribution >= 4 is 31.8 Å². The minimum atomic E-state index is -5.17. The number of rotatable bonds is 8. The van der Waals surface area contributed by atoms with Gasteiger partial charge in [-0.25, -0.2) is 16.8 Å². The second kappa shape index (κ2) is 10.7. The molecule has 1 aliphatic rings. The Morgan fingerprint density at radius 3 is 2.18 bits per heavy atom. The first-order valence-corrected chi connectivity index (χ1v) is 13.3. The predicted octanol–water partition coefficient (Wildman–Crippen LogP) is -1.33. The molecule has 4 N–H and O–H groups in total. The zero-order valence-corrected chi connectivity index (χ0v) is 20.8. The fourth-order valence-corrected chi connectivity index (χ4v) is 4.37. The molecule has 212 valence electrons. The van der Waals surface area contributed by atoms with E-state index in [0.717, 1.165) is 30.5 Å². The number of phenols is 1. The van der Waals surface area contributed by atoms with Crippen LogP contribution in [0.2, 0.25) is 0 Å². The molecule has 0 amide bonds. The van der Waals surface area contributed by atoms with E-state index in [0.29, 0.717) is 0 Å². The van der Waals surface area contributed by atoms with Crippen LogP contribution in [0.3, 0.4) is 0 Å². The zero-order valence-electron chi connectivity index (χ0n) is 19.1. The molecule has 0 aliphatic carbocycles. The molecule has 2 aromatic carbocycles. The summed E-state index contributed by atoms with van der Waals surface area (Å²) in [5, 5.41) is 40.5. The van der Waals surface area contributed by atoms with Gasteiger partial charge in [0.1, 0.15) is 58.9 Å². The van der Waals surface area contributed by atoms with Crippen molar-refractivity contribution in [3.8, 4) is 28.4 Å². The molecule has 4 rings (SSSR count). The predicted molar refractivity (Wildman–Crippen MR) is 123 cm³/mol. The summed E-state index contributed by atoms with van der Waals surface area (Å²) in [6.45, 7) is -1.00. The maximum absolute atomic E-state index is 13.0. The van der Waals surface area contributed by atoms with Crippen molar-refractivity contribution < 1.29 is 68.6 Å². The zero-order chi connectivity index (χ0) is 28.7. The molecule has 1 aliphatic heterocycles. The van der Waals surface area contributed by atoms with Crippen molar-refractivity contribution in [1.29, 1.82) is 0 Å². The van der Waals surface area contributed by atoms with Crippen LogP contribution in [0.4, 0.5) is 0 Å². The Kier molecular flexibility index (Phi) is 7.85. The smallest absolute Gasteiger partial charge is 0.262 e. The van der Waals surface area contributed by atoms with Crippen LogP contribution in [0, 0.1) is 0 Å². The van der Waals surface area contributed by atoms with E-state index in [1.165, 1.54) is 12.1 Å². The number of benzene rings is 2. The molecule has 0 bridgehead atoms. The van der Waals surface area contributed by atoms with Gasteiger partial charge in [-0.2, -0.15) is 0 Å². The molecule has 3 aromatic rings. The first kappa shape index (κ1) is 28.7. The van der Waals surface area contributed by atoms with E-state index in [2.05, 4.69) is 8.37 Å². The minimum Gasteiger partial charge on any atom is -0.726 e. The fourth-order valence-electron chi connectivity index (χ4n) is 3.72. The third-order valence-corrected chi connectivity index (χ3v) is 6.31. The Morgan fingerprint density at radius 1 is 0.897 bits per heavy atom. The first-order chi connectivity index (χ1) is 18.1. The fraction of sp³-hybridized carbons (Fsp3) is 0.286. The second-order valence-electron chi connectivity index (χ2n) is 8.14. The summed E-state index contributed by atoms with van der Waals surface area (Å²) < 4.78 is 88.5. The summed E-state index contributed by atoms with van der Waals surface area (Å²) in [6.07, 6.45) is -7.99. The van der Waals surface area contributed by atoms with Gasteiger partial charge < -0.3 is 47.6 Å². The van der Waals surface area contributed by atoms with E-state index in [1.807, 2.05) is 0 Å². The molecule has 1 saturated heterocycles. The van der Waals surface area contributed by atoms with E-state index in [1.54, 1.807) is 0 Å². The molecule has 5 atom stereocenters. The molecular formula is C21H18O16S2-2. The Hall–Kier alpha value is -3.33. The summed E-state index contributed by atoms with van der Waals surface area (Å²) in [6, 6.07) is 6.85. The van der Waals surface area contributed by atoms with Crippen LogP contribution in [-0.4, -0.2) is 83.7 Å².